The number of aryl methyl sites for hydroxylation is 1. The van der Waals surface area contributed by atoms with Crippen LogP contribution in [0.2, 0.25) is 0 Å². The van der Waals surface area contributed by atoms with E-state index in [0.29, 0.717) is 12.2 Å². The van der Waals surface area contributed by atoms with Crippen LogP contribution < -0.4 is 5.32 Å². The monoisotopic (exact) mass is 423 g/mol. The molecular formula is C27H22FN3O. The van der Waals surface area contributed by atoms with Gasteiger partial charge in [0, 0.05) is 34.9 Å². The number of benzene rings is 3. The molecule has 4 nitrogen and oxygen atoms in total. The van der Waals surface area contributed by atoms with E-state index < -0.39 is 5.91 Å². The maximum Gasteiger partial charge on any atom is 0.266 e. The van der Waals surface area contributed by atoms with E-state index in [1.165, 1.54) is 12.1 Å². The highest BCUT2D eigenvalue weighted by Gasteiger charge is 2.14. The molecule has 1 heterocycles. The van der Waals surface area contributed by atoms with E-state index in [4.69, 9.17) is 0 Å². The van der Waals surface area contributed by atoms with Gasteiger partial charge < -0.3 is 9.88 Å². The van der Waals surface area contributed by atoms with E-state index in [0.717, 1.165) is 33.2 Å². The van der Waals surface area contributed by atoms with Crippen LogP contribution in [0.5, 0.6) is 0 Å². The Bertz CT molecular complexity index is 1390. The number of rotatable bonds is 5. The molecule has 0 atom stereocenters. The molecule has 4 aromatic rings. The lowest BCUT2D eigenvalue weighted by Gasteiger charge is -2.09. The zero-order chi connectivity index (χ0) is 22.7. The largest absolute Gasteiger partial charge is 0.342 e. The summed E-state index contributed by atoms with van der Waals surface area (Å²) in [4.78, 5) is 12.8. The first-order chi connectivity index (χ1) is 15.5. The van der Waals surface area contributed by atoms with Crippen LogP contribution in [-0.2, 0) is 11.3 Å². The molecule has 0 fully saturated rings. The molecule has 1 N–H and O–H groups in total. The van der Waals surface area contributed by atoms with Crippen LogP contribution in [0.1, 0.15) is 22.3 Å². The first kappa shape index (κ1) is 21.1. The van der Waals surface area contributed by atoms with Crippen molar-refractivity contribution >= 4 is 28.6 Å². The molecule has 158 valence electrons. The number of aromatic nitrogens is 1. The molecular weight excluding hydrogens is 401 g/mol. The molecule has 1 aromatic heterocycles. The van der Waals surface area contributed by atoms with Gasteiger partial charge in [0.15, 0.2) is 0 Å². The number of nitriles is 1. The van der Waals surface area contributed by atoms with Gasteiger partial charge in [-0.1, -0.05) is 42.5 Å². The lowest BCUT2D eigenvalue weighted by atomic mass is 10.1. The fourth-order valence-electron chi connectivity index (χ4n) is 3.73. The Balaban J connectivity index is 1.69. The van der Waals surface area contributed by atoms with Crippen molar-refractivity contribution in [2.45, 2.75) is 20.4 Å². The normalized spacial score (nSPS) is 11.4. The fraction of sp³-hybridized carbons (Fsp3) is 0.111. The van der Waals surface area contributed by atoms with Crippen LogP contribution >= 0.6 is 0 Å². The van der Waals surface area contributed by atoms with E-state index >= 15 is 0 Å². The van der Waals surface area contributed by atoms with Crippen molar-refractivity contribution in [2.24, 2.45) is 0 Å². The third-order valence-electron chi connectivity index (χ3n) is 5.58. The summed E-state index contributed by atoms with van der Waals surface area (Å²) in [6, 6.07) is 21.9. The Kier molecular flexibility index (Phi) is 5.87. The Morgan fingerprint density at radius 3 is 2.66 bits per heavy atom. The van der Waals surface area contributed by atoms with Crippen LogP contribution in [0.3, 0.4) is 0 Å². The molecule has 1 amide bonds. The van der Waals surface area contributed by atoms with Gasteiger partial charge in [-0.15, -0.1) is 0 Å². The number of fused-ring (bicyclic) bond motifs is 1. The molecule has 3 aromatic carbocycles. The van der Waals surface area contributed by atoms with Crippen molar-refractivity contribution in [3.8, 4) is 6.07 Å². The minimum atomic E-state index is -0.455. The second kappa shape index (κ2) is 8.91. The lowest BCUT2D eigenvalue weighted by Crippen LogP contribution is -2.14. The number of halogens is 1. The molecule has 0 unspecified atom stereocenters. The Morgan fingerprint density at radius 2 is 1.88 bits per heavy atom. The average Bonchev–Trinajstić information content (AvgIpc) is 3.12. The van der Waals surface area contributed by atoms with Gasteiger partial charge in [0.05, 0.1) is 0 Å². The number of amides is 1. The first-order valence-corrected chi connectivity index (χ1v) is 10.3. The van der Waals surface area contributed by atoms with Crippen LogP contribution in [0.25, 0.3) is 17.0 Å². The van der Waals surface area contributed by atoms with Gasteiger partial charge in [0.25, 0.3) is 5.91 Å². The zero-order valence-electron chi connectivity index (χ0n) is 17.9. The fourth-order valence-corrected chi connectivity index (χ4v) is 3.73. The molecule has 0 bridgehead atoms. The zero-order valence-corrected chi connectivity index (χ0v) is 17.9. The van der Waals surface area contributed by atoms with Crippen molar-refractivity contribution < 1.29 is 9.18 Å². The summed E-state index contributed by atoms with van der Waals surface area (Å²) in [6.07, 6.45) is 3.49. The van der Waals surface area contributed by atoms with Gasteiger partial charge in [-0.3, -0.25) is 4.79 Å². The van der Waals surface area contributed by atoms with Crippen molar-refractivity contribution in [1.29, 1.82) is 5.26 Å². The number of carbonyl (C=O) groups is 1. The molecule has 0 aliphatic rings. The third kappa shape index (κ3) is 4.30. The summed E-state index contributed by atoms with van der Waals surface area (Å²) in [5.41, 5.74) is 5.24. The van der Waals surface area contributed by atoms with Gasteiger partial charge >= 0.3 is 0 Å². The summed E-state index contributed by atoms with van der Waals surface area (Å²) in [5, 5.41) is 13.4. The highest BCUT2D eigenvalue weighted by molar-refractivity contribution is 6.11. The number of hydrogen-bond acceptors (Lipinski definition) is 2. The van der Waals surface area contributed by atoms with E-state index in [1.807, 2.05) is 79.2 Å². The number of nitrogens with one attached hydrogen (secondary N) is 1. The lowest BCUT2D eigenvalue weighted by molar-refractivity contribution is -0.112. The summed E-state index contributed by atoms with van der Waals surface area (Å²) < 4.78 is 15.6. The minimum Gasteiger partial charge on any atom is -0.342 e. The predicted molar refractivity (Wildman–Crippen MR) is 126 cm³/mol. The van der Waals surface area contributed by atoms with E-state index in [1.54, 1.807) is 12.1 Å². The van der Waals surface area contributed by atoms with E-state index in [2.05, 4.69) is 5.32 Å². The number of anilines is 1. The van der Waals surface area contributed by atoms with Gasteiger partial charge in [-0.05, 0) is 60.9 Å². The predicted octanol–water partition coefficient (Wildman–Crippen LogP) is 5.99. The van der Waals surface area contributed by atoms with Gasteiger partial charge in [-0.25, -0.2) is 4.39 Å². The van der Waals surface area contributed by atoms with Crippen molar-refractivity contribution in [1.82, 2.24) is 4.57 Å². The summed E-state index contributed by atoms with van der Waals surface area (Å²) in [6.45, 7) is 4.38. The topological polar surface area (TPSA) is 57.8 Å². The molecule has 32 heavy (non-hydrogen) atoms. The molecule has 0 saturated heterocycles. The molecule has 5 heteroatoms. The quantitative estimate of drug-likeness (QED) is 0.317. The first-order valence-electron chi connectivity index (χ1n) is 10.3. The third-order valence-corrected chi connectivity index (χ3v) is 5.58. The van der Waals surface area contributed by atoms with Crippen LogP contribution in [0, 0.1) is 31.0 Å². The second-order valence-corrected chi connectivity index (χ2v) is 7.73. The number of para-hydroxylation sites is 1. The van der Waals surface area contributed by atoms with Crippen LogP contribution in [0.15, 0.2) is 78.5 Å². The maximum absolute atomic E-state index is 13.6. The summed E-state index contributed by atoms with van der Waals surface area (Å²) in [5.74, 6) is -0.739. The summed E-state index contributed by atoms with van der Waals surface area (Å²) >= 11 is 0. The molecule has 0 aliphatic carbocycles. The molecule has 0 aliphatic heterocycles. The second-order valence-electron chi connectivity index (χ2n) is 7.73. The Morgan fingerprint density at radius 1 is 1.09 bits per heavy atom. The van der Waals surface area contributed by atoms with Crippen molar-refractivity contribution in [2.75, 3.05) is 5.32 Å². The van der Waals surface area contributed by atoms with Gasteiger partial charge in [-0.2, -0.15) is 5.26 Å². The van der Waals surface area contributed by atoms with Crippen LogP contribution in [0.4, 0.5) is 10.1 Å². The molecule has 0 spiro atoms. The van der Waals surface area contributed by atoms with E-state index in [-0.39, 0.29) is 11.4 Å². The highest BCUT2D eigenvalue weighted by Crippen LogP contribution is 2.25. The SMILES string of the molecule is Cc1cccc(NC(=O)/C(C#N)=C/c2cn(Cc3cccc(F)c3)c3ccccc23)c1C. The molecule has 0 saturated carbocycles. The van der Waals surface area contributed by atoms with E-state index in [9.17, 15) is 14.4 Å². The van der Waals surface area contributed by atoms with Gasteiger partial charge in [0.2, 0.25) is 0 Å². The maximum atomic E-state index is 13.6. The van der Waals surface area contributed by atoms with Crippen molar-refractivity contribution in [3.63, 3.8) is 0 Å². The highest BCUT2D eigenvalue weighted by atomic mass is 19.1. The van der Waals surface area contributed by atoms with Crippen molar-refractivity contribution in [3.05, 3.63) is 107 Å². The Hall–Kier alpha value is -4.17. The average molecular weight is 423 g/mol. The number of carbonyl (C=O) groups excluding carboxylic acids is 1. The molecule has 0 radical (unpaired) electrons. The number of nitrogens with zero attached hydrogens (tertiary/aromatic N) is 2. The minimum absolute atomic E-state index is 0.0135. The molecule has 4 rings (SSSR count). The standard InChI is InChI=1S/C27H22FN3O/c1-18-7-5-11-25(19(18)2)30-27(32)21(15-29)14-22-17-31(26-12-4-3-10-24(22)26)16-20-8-6-9-23(28)13-20/h3-14,17H,16H2,1-2H3,(H,30,32)/b21-14+. The Labute approximate surface area is 186 Å². The van der Waals surface area contributed by atoms with Crippen LogP contribution in [-0.4, -0.2) is 10.5 Å². The van der Waals surface area contributed by atoms with Gasteiger partial charge in [0.1, 0.15) is 17.5 Å². The summed E-state index contributed by atoms with van der Waals surface area (Å²) in [7, 11) is 0. The number of hydrogen-bond donors (Lipinski definition) is 1. The smallest absolute Gasteiger partial charge is 0.266 e.